The minimum atomic E-state index is -4.34. The molecule has 1 aliphatic carbocycles. The lowest BCUT2D eigenvalue weighted by atomic mass is 9.58. The summed E-state index contributed by atoms with van der Waals surface area (Å²) in [5.74, 6) is 0. The van der Waals surface area contributed by atoms with E-state index < -0.39 is 17.8 Å². The lowest BCUT2D eigenvalue weighted by Gasteiger charge is -2.52. The van der Waals surface area contributed by atoms with Crippen LogP contribution in [0.5, 0.6) is 0 Å². The first-order valence-corrected chi connectivity index (χ1v) is 8.24. The van der Waals surface area contributed by atoms with E-state index in [9.17, 15) is 18.3 Å². The molecule has 2 unspecified atom stereocenters. The minimum Gasteiger partial charge on any atom is -0.391 e. The van der Waals surface area contributed by atoms with Crippen LogP contribution in [-0.4, -0.2) is 36.2 Å². The molecule has 2 atom stereocenters. The lowest BCUT2D eigenvalue weighted by molar-refractivity contribution is -0.137. The van der Waals surface area contributed by atoms with Crippen LogP contribution < -0.4 is 0 Å². The molecule has 0 radical (unpaired) electrons. The van der Waals surface area contributed by atoms with E-state index in [0.717, 1.165) is 31.7 Å². The Hall–Kier alpha value is -1.07. The molecule has 0 amide bonds. The maximum absolute atomic E-state index is 13.1. The molecule has 130 valence electrons. The molecule has 1 aromatic carbocycles. The average molecular weight is 329 g/mol. The molecule has 0 aromatic heterocycles. The molecule has 1 saturated carbocycles. The van der Waals surface area contributed by atoms with Crippen LogP contribution in [-0.2, 0) is 11.6 Å². The van der Waals surface area contributed by atoms with Crippen molar-refractivity contribution in [3.05, 3.63) is 35.4 Å². The van der Waals surface area contributed by atoms with Crippen molar-refractivity contribution < 1.29 is 18.3 Å². The van der Waals surface area contributed by atoms with Crippen molar-refractivity contribution in [2.75, 3.05) is 14.1 Å². The van der Waals surface area contributed by atoms with Gasteiger partial charge in [-0.2, -0.15) is 13.2 Å². The molecule has 1 N–H and O–H groups in total. The van der Waals surface area contributed by atoms with E-state index in [1.165, 1.54) is 12.1 Å². The highest BCUT2D eigenvalue weighted by Crippen LogP contribution is 2.50. The van der Waals surface area contributed by atoms with Gasteiger partial charge in [0.05, 0.1) is 11.7 Å². The molecule has 2 rings (SSSR count). The van der Waals surface area contributed by atoms with E-state index in [1.807, 2.05) is 25.9 Å². The van der Waals surface area contributed by atoms with Crippen LogP contribution in [0.25, 0.3) is 0 Å². The topological polar surface area (TPSA) is 23.5 Å². The molecule has 1 fully saturated rings. The number of halogens is 3. The zero-order valence-corrected chi connectivity index (χ0v) is 14.0. The Labute approximate surface area is 136 Å². The van der Waals surface area contributed by atoms with E-state index in [0.29, 0.717) is 12.0 Å². The normalized spacial score (nSPS) is 20.2. The largest absolute Gasteiger partial charge is 0.416 e. The molecule has 1 aliphatic rings. The molecule has 1 aromatic rings. The van der Waals surface area contributed by atoms with Crippen LogP contribution in [0.3, 0.4) is 0 Å². The summed E-state index contributed by atoms with van der Waals surface area (Å²) in [5, 5.41) is 10.6. The van der Waals surface area contributed by atoms with Crippen LogP contribution >= 0.6 is 0 Å². The molecule has 0 spiro atoms. The van der Waals surface area contributed by atoms with Gasteiger partial charge in [-0.1, -0.05) is 38.0 Å². The van der Waals surface area contributed by atoms with Crippen LogP contribution in [0.2, 0.25) is 0 Å². The van der Waals surface area contributed by atoms with Gasteiger partial charge < -0.3 is 10.0 Å². The van der Waals surface area contributed by atoms with E-state index in [-0.39, 0.29) is 11.5 Å². The molecule has 5 heteroatoms. The molecule has 0 aliphatic heterocycles. The highest BCUT2D eigenvalue weighted by Gasteiger charge is 2.49. The van der Waals surface area contributed by atoms with Crippen molar-refractivity contribution in [1.82, 2.24) is 4.90 Å². The van der Waals surface area contributed by atoms with Gasteiger partial charge in [0, 0.05) is 11.5 Å². The maximum Gasteiger partial charge on any atom is 0.416 e. The summed E-state index contributed by atoms with van der Waals surface area (Å²) in [7, 11) is 3.80. The molecule has 0 saturated heterocycles. The number of benzene rings is 1. The first-order valence-electron chi connectivity index (χ1n) is 8.24. The van der Waals surface area contributed by atoms with Gasteiger partial charge >= 0.3 is 6.18 Å². The van der Waals surface area contributed by atoms with Crippen molar-refractivity contribution in [3.63, 3.8) is 0 Å². The number of nitrogens with zero attached hydrogens (tertiary/aromatic N) is 1. The number of hydrogen-bond acceptors (Lipinski definition) is 2. The van der Waals surface area contributed by atoms with Crippen molar-refractivity contribution in [2.45, 2.75) is 62.8 Å². The van der Waals surface area contributed by atoms with Gasteiger partial charge in [0.2, 0.25) is 0 Å². The van der Waals surface area contributed by atoms with Crippen molar-refractivity contribution >= 4 is 0 Å². The second-order valence-electron chi connectivity index (χ2n) is 6.85. The molecule has 2 nitrogen and oxygen atoms in total. The zero-order valence-electron chi connectivity index (χ0n) is 14.0. The minimum absolute atomic E-state index is 0.167. The fourth-order valence-electron chi connectivity index (χ4n) is 3.98. The van der Waals surface area contributed by atoms with E-state index in [1.54, 1.807) is 6.07 Å². The Morgan fingerprint density at radius 1 is 1.26 bits per heavy atom. The van der Waals surface area contributed by atoms with Gasteiger partial charge in [-0.05, 0) is 45.0 Å². The van der Waals surface area contributed by atoms with Crippen LogP contribution in [0, 0.1) is 0 Å². The van der Waals surface area contributed by atoms with Crippen molar-refractivity contribution in [2.24, 2.45) is 0 Å². The number of alkyl halides is 3. The maximum atomic E-state index is 13.1. The third-order valence-corrected chi connectivity index (χ3v) is 5.08. The Balaban J connectivity index is 2.43. The second-order valence-corrected chi connectivity index (χ2v) is 6.85. The summed E-state index contributed by atoms with van der Waals surface area (Å²) < 4.78 is 39.2. The number of hydrogen-bond donors (Lipinski definition) is 1. The predicted molar refractivity (Wildman–Crippen MR) is 85.4 cm³/mol. The van der Waals surface area contributed by atoms with E-state index in [2.05, 4.69) is 0 Å². The standard InChI is InChI=1S/C18H26F3NO/c1-4-7-15(23)16(22(2)3)17(10-6-11-17)13-8-5-9-14(12-13)18(19,20)21/h5,8-9,12,15-16,23H,4,6-7,10-11H2,1-3H3. The quantitative estimate of drug-likeness (QED) is 0.845. The summed E-state index contributed by atoms with van der Waals surface area (Å²) in [6.07, 6.45) is -0.746. The van der Waals surface area contributed by atoms with Crippen LogP contribution in [0.15, 0.2) is 24.3 Å². The lowest BCUT2D eigenvalue weighted by Crippen LogP contribution is -2.57. The fraction of sp³-hybridized carbons (Fsp3) is 0.667. The van der Waals surface area contributed by atoms with Crippen molar-refractivity contribution in [1.29, 1.82) is 0 Å². The molecular weight excluding hydrogens is 303 g/mol. The number of aliphatic hydroxyl groups is 1. The summed E-state index contributed by atoms with van der Waals surface area (Å²) in [4.78, 5) is 1.97. The molecule has 0 bridgehead atoms. The van der Waals surface area contributed by atoms with Crippen LogP contribution in [0.4, 0.5) is 13.2 Å². The number of aliphatic hydroxyl groups excluding tert-OH is 1. The predicted octanol–water partition coefficient (Wildman–Crippen LogP) is 4.22. The fourth-order valence-corrected chi connectivity index (χ4v) is 3.98. The highest BCUT2D eigenvalue weighted by molar-refractivity contribution is 5.36. The zero-order chi connectivity index (χ0) is 17.3. The highest BCUT2D eigenvalue weighted by atomic mass is 19.4. The summed E-state index contributed by atoms with van der Waals surface area (Å²) in [5.41, 5.74) is -0.296. The van der Waals surface area contributed by atoms with Gasteiger partial charge in [0.15, 0.2) is 0 Å². The van der Waals surface area contributed by atoms with Crippen LogP contribution in [0.1, 0.15) is 50.2 Å². The SMILES string of the molecule is CCCC(O)C(N(C)C)C1(c2cccc(C(F)(F)F)c2)CCC1. The smallest absolute Gasteiger partial charge is 0.391 e. The first kappa shape index (κ1) is 18.3. The van der Waals surface area contributed by atoms with E-state index in [4.69, 9.17) is 0 Å². The average Bonchev–Trinajstić information content (AvgIpc) is 2.41. The number of likely N-dealkylation sites (N-methyl/N-ethyl adjacent to an activating group) is 1. The second kappa shape index (κ2) is 6.81. The summed E-state index contributed by atoms with van der Waals surface area (Å²) in [6.45, 7) is 2.01. The number of rotatable bonds is 6. The third-order valence-electron chi connectivity index (χ3n) is 5.08. The first-order chi connectivity index (χ1) is 10.7. The van der Waals surface area contributed by atoms with Gasteiger partial charge in [0.25, 0.3) is 0 Å². The molecule has 0 heterocycles. The Morgan fingerprint density at radius 3 is 2.35 bits per heavy atom. The van der Waals surface area contributed by atoms with Gasteiger partial charge in [0.1, 0.15) is 0 Å². The van der Waals surface area contributed by atoms with E-state index >= 15 is 0 Å². The Kier molecular flexibility index (Phi) is 5.41. The van der Waals surface area contributed by atoms with Gasteiger partial charge in [-0.15, -0.1) is 0 Å². The Bertz CT molecular complexity index is 523. The molecule has 23 heavy (non-hydrogen) atoms. The third kappa shape index (κ3) is 3.56. The van der Waals surface area contributed by atoms with Crippen molar-refractivity contribution in [3.8, 4) is 0 Å². The summed E-state index contributed by atoms with van der Waals surface area (Å²) in [6, 6.07) is 5.48. The monoisotopic (exact) mass is 329 g/mol. The molecular formula is C18H26F3NO. The van der Waals surface area contributed by atoms with Gasteiger partial charge in [-0.3, -0.25) is 0 Å². The van der Waals surface area contributed by atoms with Gasteiger partial charge in [-0.25, -0.2) is 0 Å². The Morgan fingerprint density at radius 2 is 1.91 bits per heavy atom. The summed E-state index contributed by atoms with van der Waals surface area (Å²) >= 11 is 0.